The lowest BCUT2D eigenvalue weighted by molar-refractivity contribution is -0.120. The number of sulfone groups is 1. The van der Waals surface area contributed by atoms with Crippen molar-refractivity contribution in [2.75, 3.05) is 41.8 Å². The fraction of sp³-hybridized carbons (Fsp3) is 0.500. The normalized spacial score (nSPS) is 21.1. The SMILES string of the molecule is O=C(Nc1cc(-c2cccc(NCC3CCS(=O)(=O)CC3)n2)c(Cl)cn1)[C@@H]1CCCNC1. The van der Waals surface area contributed by atoms with Gasteiger partial charge in [0.15, 0.2) is 0 Å². The molecule has 1 atom stereocenters. The van der Waals surface area contributed by atoms with Crippen LogP contribution in [0.5, 0.6) is 0 Å². The fourth-order valence-corrected chi connectivity index (χ4v) is 5.87. The number of aromatic nitrogens is 2. The molecule has 2 aliphatic heterocycles. The molecule has 0 unspecified atom stereocenters. The molecular formula is C22H28ClN5O3S. The van der Waals surface area contributed by atoms with Gasteiger partial charge in [0.25, 0.3) is 0 Å². The molecule has 2 saturated heterocycles. The van der Waals surface area contributed by atoms with Crippen LogP contribution in [0.1, 0.15) is 25.7 Å². The second-order valence-electron chi connectivity index (χ2n) is 8.47. The van der Waals surface area contributed by atoms with Gasteiger partial charge >= 0.3 is 0 Å². The second kappa shape index (κ2) is 10.1. The summed E-state index contributed by atoms with van der Waals surface area (Å²) in [5, 5.41) is 9.91. The Hall–Kier alpha value is -2.23. The van der Waals surface area contributed by atoms with E-state index in [1.807, 2.05) is 18.2 Å². The van der Waals surface area contributed by atoms with Crippen LogP contribution in [-0.4, -0.2) is 55.4 Å². The lowest BCUT2D eigenvalue weighted by Gasteiger charge is -2.22. The van der Waals surface area contributed by atoms with Crippen molar-refractivity contribution in [2.24, 2.45) is 11.8 Å². The molecular weight excluding hydrogens is 450 g/mol. The summed E-state index contributed by atoms with van der Waals surface area (Å²) in [5.41, 5.74) is 1.36. The molecule has 4 heterocycles. The van der Waals surface area contributed by atoms with E-state index in [-0.39, 0.29) is 23.3 Å². The highest BCUT2D eigenvalue weighted by Crippen LogP contribution is 2.29. The van der Waals surface area contributed by atoms with Crippen LogP contribution in [-0.2, 0) is 14.6 Å². The van der Waals surface area contributed by atoms with Crippen LogP contribution in [0.3, 0.4) is 0 Å². The number of nitrogens with zero attached hydrogens (tertiary/aromatic N) is 2. The van der Waals surface area contributed by atoms with Gasteiger partial charge in [0.1, 0.15) is 21.5 Å². The quantitative estimate of drug-likeness (QED) is 0.586. The summed E-state index contributed by atoms with van der Waals surface area (Å²) in [6, 6.07) is 7.36. The van der Waals surface area contributed by atoms with Crippen LogP contribution in [0.4, 0.5) is 11.6 Å². The van der Waals surface area contributed by atoms with Gasteiger partial charge in [-0.25, -0.2) is 18.4 Å². The van der Waals surface area contributed by atoms with Crippen LogP contribution in [0, 0.1) is 11.8 Å². The van der Waals surface area contributed by atoms with E-state index < -0.39 is 9.84 Å². The number of pyridine rings is 2. The van der Waals surface area contributed by atoms with Gasteiger partial charge in [-0.1, -0.05) is 17.7 Å². The topological polar surface area (TPSA) is 113 Å². The fourth-order valence-electron chi connectivity index (χ4n) is 4.08. The Balaban J connectivity index is 1.42. The zero-order valence-electron chi connectivity index (χ0n) is 17.8. The maximum absolute atomic E-state index is 12.5. The lowest BCUT2D eigenvalue weighted by atomic mass is 9.99. The number of piperidine rings is 1. The summed E-state index contributed by atoms with van der Waals surface area (Å²) in [5.74, 6) is 1.85. The number of amides is 1. The summed E-state index contributed by atoms with van der Waals surface area (Å²) >= 11 is 6.39. The van der Waals surface area contributed by atoms with Gasteiger partial charge < -0.3 is 16.0 Å². The van der Waals surface area contributed by atoms with Crippen molar-refractivity contribution in [1.82, 2.24) is 15.3 Å². The predicted molar refractivity (Wildman–Crippen MR) is 127 cm³/mol. The molecule has 172 valence electrons. The third kappa shape index (κ3) is 5.96. The molecule has 2 aliphatic rings. The average molecular weight is 478 g/mol. The van der Waals surface area contributed by atoms with Crippen LogP contribution in [0.25, 0.3) is 11.3 Å². The molecule has 1 amide bonds. The molecule has 0 aliphatic carbocycles. The van der Waals surface area contributed by atoms with Gasteiger partial charge in [0, 0.05) is 24.8 Å². The van der Waals surface area contributed by atoms with E-state index in [4.69, 9.17) is 11.6 Å². The molecule has 4 rings (SSSR count). The molecule has 0 saturated carbocycles. The van der Waals surface area contributed by atoms with Gasteiger partial charge in [-0.05, 0) is 56.3 Å². The number of carbonyl (C=O) groups excluding carboxylic acids is 1. The third-order valence-electron chi connectivity index (χ3n) is 6.05. The van der Waals surface area contributed by atoms with Crippen molar-refractivity contribution >= 4 is 39.0 Å². The molecule has 0 radical (unpaired) electrons. The average Bonchev–Trinajstić information content (AvgIpc) is 2.80. The molecule has 8 nitrogen and oxygen atoms in total. The van der Waals surface area contributed by atoms with Crippen molar-refractivity contribution in [3.63, 3.8) is 0 Å². The summed E-state index contributed by atoms with van der Waals surface area (Å²) in [6.07, 6.45) is 4.71. The Morgan fingerprint density at radius 2 is 2.00 bits per heavy atom. The number of anilines is 2. The Kier molecular flexibility index (Phi) is 7.27. The highest BCUT2D eigenvalue weighted by atomic mass is 35.5. The van der Waals surface area contributed by atoms with Crippen molar-refractivity contribution in [1.29, 1.82) is 0 Å². The molecule has 2 aromatic rings. The van der Waals surface area contributed by atoms with E-state index in [9.17, 15) is 13.2 Å². The highest BCUT2D eigenvalue weighted by molar-refractivity contribution is 7.91. The standard InChI is InChI=1S/C22H28ClN5O3S/c23-18-14-26-21(28-22(29)16-3-2-8-24-13-16)11-17(18)19-4-1-5-20(27-19)25-12-15-6-9-32(30,31)10-7-15/h1,4-5,11,14-16,24H,2-3,6-10,12-13H2,(H,25,27)(H,26,28,29)/t16-/m1/s1. The van der Waals surface area contributed by atoms with Gasteiger partial charge in [-0.3, -0.25) is 4.79 Å². The zero-order chi connectivity index (χ0) is 22.6. The first-order valence-electron chi connectivity index (χ1n) is 11.0. The van der Waals surface area contributed by atoms with Gasteiger partial charge in [0.2, 0.25) is 5.91 Å². The summed E-state index contributed by atoms with van der Waals surface area (Å²) < 4.78 is 23.2. The Morgan fingerprint density at radius 1 is 1.19 bits per heavy atom. The minimum Gasteiger partial charge on any atom is -0.370 e. The minimum absolute atomic E-state index is 0.0455. The molecule has 0 spiro atoms. The molecule has 0 aromatic carbocycles. The first kappa shape index (κ1) is 22.9. The van der Waals surface area contributed by atoms with Crippen molar-refractivity contribution in [2.45, 2.75) is 25.7 Å². The number of carbonyl (C=O) groups is 1. The van der Waals surface area contributed by atoms with E-state index in [1.54, 1.807) is 6.07 Å². The smallest absolute Gasteiger partial charge is 0.229 e. The molecule has 2 fully saturated rings. The van der Waals surface area contributed by atoms with Crippen LogP contribution < -0.4 is 16.0 Å². The van der Waals surface area contributed by atoms with Crippen LogP contribution in [0.2, 0.25) is 5.02 Å². The molecule has 32 heavy (non-hydrogen) atoms. The van der Waals surface area contributed by atoms with Gasteiger partial charge in [-0.2, -0.15) is 0 Å². The van der Waals surface area contributed by atoms with E-state index in [0.717, 1.165) is 19.4 Å². The highest BCUT2D eigenvalue weighted by Gasteiger charge is 2.24. The number of hydrogen-bond acceptors (Lipinski definition) is 7. The van der Waals surface area contributed by atoms with Crippen LogP contribution >= 0.6 is 11.6 Å². The molecule has 2 aromatic heterocycles. The van der Waals surface area contributed by atoms with E-state index >= 15 is 0 Å². The number of hydrogen-bond donors (Lipinski definition) is 3. The lowest BCUT2D eigenvalue weighted by Crippen LogP contribution is -2.37. The molecule has 0 bridgehead atoms. The Bertz CT molecular complexity index is 1060. The van der Waals surface area contributed by atoms with Gasteiger partial charge in [0.05, 0.1) is 28.1 Å². The number of rotatable bonds is 6. The predicted octanol–water partition coefficient (Wildman–Crippen LogP) is 2.97. The van der Waals surface area contributed by atoms with Crippen molar-refractivity contribution in [3.05, 3.63) is 35.5 Å². The van der Waals surface area contributed by atoms with Crippen molar-refractivity contribution < 1.29 is 13.2 Å². The maximum atomic E-state index is 12.5. The van der Waals surface area contributed by atoms with E-state index in [0.29, 0.717) is 59.8 Å². The number of nitrogens with one attached hydrogen (secondary N) is 3. The Labute approximate surface area is 193 Å². The minimum atomic E-state index is -2.86. The van der Waals surface area contributed by atoms with E-state index in [2.05, 4.69) is 25.9 Å². The summed E-state index contributed by atoms with van der Waals surface area (Å²) in [6.45, 7) is 2.30. The first-order chi connectivity index (χ1) is 15.4. The monoisotopic (exact) mass is 477 g/mol. The second-order valence-corrected chi connectivity index (χ2v) is 11.2. The summed E-state index contributed by atoms with van der Waals surface area (Å²) in [4.78, 5) is 21.5. The van der Waals surface area contributed by atoms with Crippen LogP contribution in [0.15, 0.2) is 30.5 Å². The van der Waals surface area contributed by atoms with Crippen molar-refractivity contribution in [3.8, 4) is 11.3 Å². The Morgan fingerprint density at radius 3 is 2.75 bits per heavy atom. The van der Waals surface area contributed by atoms with E-state index in [1.165, 1.54) is 6.20 Å². The largest absolute Gasteiger partial charge is 0.370 e. The maximum Gasteiger partial charge on any atom is 0.229 e. The first-order valence-corrected chi connectivity index (χ1v) is 13.2. The molecule has 10 heteroatoms. The number of halogens is 1. The van der Waals surface area contributed by atoms with Gasteiger partial charge in [-0.15, -0.1) is 0 Å². The summed E-state index contributed by atoms with van der Waals surface area (Å²) in [7, 11) is -2.86. The zero-order valence-corrected chi connectivity index (χ0v) is 19.4. The molecule has 3 N–H and O–H groups in total. The third-order valence-corrected chi connectivity index (χ3v) is 8.06.